The van der Waals surface area contributed by atoms with E-state index in [1.165, 1.54) is 18.3 Å². The zero-order chi connectivity index (χ0) is 13.0. The first-order valence-corrected chi connectivity index (χ1v) is 5.22. The van der Waals surface area contributed by atoms with Crippen LogP contribution in [0.15, 0.2) is 36.5 Å². The third kappa shape index (κ3) is 2.55. The van der Waals surface area contributed by atoms with E-state index in [4.69, 9.17) is 15.7 Å². The van der Waals surface area contributed by atoms with E-state index in [-0.39, 0.29) is 24.0 Å². The van der Waals surface area contributed by atoms with Crippen LogP contribution in [0.5, 0.6) is 5.88 Å². The summed E-state index contributed by atoms with van der Waals surface area (Å²) in [7, 11) is 0. The van der Waals surface area contributed by atoms with Crippen LogP contribution >= 0.6 is 0 Å². The number of anilines is 1. The van der Waals surface area contributed by atoms with Gasteiger partial charge >= 0.3 is 0 Å². The molecule has 2 rings (SSSR count). The Balaban J connectivity index is 2.12. The van der Waals surface area contributed by atoms with E-state index in [2.05, 4.69) is 4.98 Å². The summed E-state index contributed by atoms with van der Waals surface area (Å²) in [4.78, 5) is 3.90. The van der Waals surface area contributed by atoms with Gasteiger partial charge in [0.15, 0.2) is 0 Å². The second-order valence-corrected chi connectivity index (χ2v) is 3.61. The van der Waals surface area contributed by atoms with Crippen LogP contribution in [0.25, 0.3) is 0 Å². The summed E-state index contributed by atoms with van der Waals surface area (Å²) in [6.45, 7) is 0.0375. The van der Waals surface area contributed by atoms with Gasteiger partial charge in [-0.05, 0) is 12.1 Å². The van der Waals surface area contributed by atoms with Gasteiger partial charge in [0.05, 0.1) is 11.3 Å². The number of halogens is 1. The lowest BCUT2D eigenvalue weighted by molar-refractivity contribution is 0.290. The Morgan fingerprint density at radius 1 is 1.39 bits per heavy atom. The van der Waals surface area contributed by atoms with Crippen molar-refractivity contribution < 1.29 is 9.13 Å². The molecular weight excluding hydrogens is 233 g/mol. The van der Waals surface area contributed by atoms with Crippen LogP contribution in [-0.2, 0) is 6.61 Å². The number of hydrogen-bond donors (Lipinski definition) is 1. The summed E-state index contributed by atoms with van der Waals surface area (Å²) < 4.78 is 18.7. The Morgan fingerprint density at radius 3 is 2.83 bits per heavy atom. The molecule has 0 amide bonds. The van der Waals surface area contributed by atoms with Gasteiger partial charge < -0.3 is 10.5 Å². The van der Waals surface area contributed by atoms with Crippen LogP contribution in [0.1, 0.15) is 11.1 Å². The molecule has 1 aromatic heterocycles. The van der Waals surface area contributed by atoms with Crippen LogP contribution in [0.3, 0.4) is 0 Å². The SMILES string of the molecule is N#Cc1cnc(OCc2ccccc2F)c(N)c1. The molecule has 1 aromatic carbocycles. The molecule has 0 radical (unpaired) electrons. The van der Waals surface area contributed by atoms with Crippen molar-refractivity contribution in [2.75, 3.05) is 5.73 Å². The van der Waals surface area contributed by atoms with Gasteiger partial charge in [0.1, 0.15) is 18.5 Å². The molecule has 2 N–H and O–H groups in total. The number of nitriles is 1. The molecule has 1 heterocycles. The van der Waals surface area contributed by atoms with Crippen molar-refractivity contribution in [2.45, 2.75) is 6.61 Å². The van der Waals surface area contributed by atoms with Crippen LogP contribution in [0.2, 0.25) is 0 Å². The van der Waals surface area contributed by atoms with E-state index >= 15 is 0 Å². The molecule has 0 unspecified atom stereocenters. The number of hydrogen-bond acceptors (Lipinski definition) is 4. The molecule has 0 aliphatic rings. The predicted octanol–water partition coefficient (Wildman–Crippen LogP) is 2.25. The van der Waals surface area contributed by atoms with Crippen molar-refractivity contribution in [1.82, 2.24) is 4.98 Å². The predicted molar refractivity (Wildman–Crippen MR) is 64.1 cm³/mol. The Morgan fingerprint density at radius 2 is 2.17 bits per heavy atom. The molecule has 0 saturated heterocycles. The smallest absolute Gasteiger partial charge is 0.237 e. The number of aromatic nitrogens is 1. The van der Waals surface area contributed by atoms with E-state index in [9.17, 15) is 4.39 Å². The number of ether oxygens (including phenoxy) is 1. The zero-order valence-corrected chi connectivity index (χ0v) is 9.43. The maximum Gasteiger partial charge on any atom is 0.237 e. The molecule has 0 aliphatic heterocycles. The second-order valence-electron chi connectivity index (χ2n) is 3.61. The van der Waals surface area contributed by atoms with Gasteiger partial charge in [0.2, 0.25) is 5.88 Å². The van der Waals surface area contributed by atoms with Crippen molar-refractivity contribution >= 4 is 5.69 Å². The molecule has 0 bridgehead atoms. The number of nitrogens with two attached hydrogens (primary N) is 1. The number of pyridine rings is 1. The molecule has 0 atom stereocenters. The van der Waals surface area contributed by atoms with Crippen LogP contribution < -0.4 is 10.5 Å². The van der Waals surface area contributed by atoms with Gasteiger partial charge in [0, 0.05) is 11.8 Å². The lowest BCUT2D eigenvalue weighted by Gasteiger charge is -2.08. The first-order chi connectivity index (χ1) is 8.70. The minimum Gasteiger partial charge on any atom is -0.471 e. The van der Waals surface area contributed by atoms with Crippen LogP contribution in [-0.4, -0.2) is 4.98 Å². The van der Waals surface area contributed by atoms with Gasteiger partial charge in [0.25, 0.3) is 0 Å². The minimum absolute atomic E-state index is 0.0375. The maximum absolute atomic E-state index is 13.3. The quantitative estimate of drug-likeness (QED) is 0.897. The largest absolute Gasteiger partial charge is 0.471 e. The average molecular weight is 243 g/mol. The van der Waals surface area contributed by atoms with E-state index in [0.29, 0.717) is 11.1 Å². The summed E-state index contributed by atoms with van der Waals surface area (Å²) in [6, 6.07) is 9.68. The maximum atomic E-state index is 13.3. The summed E-state index contributed by atoms with van der Waals surface area (Å²) in [5.41, 5.74) is 6.69. The first-order valence-electron chi connectivity index (χ1n) is 5.22. The second kappa shape index (κ2) is 5.15. The molecule has 0 spiro atoms. The van der Waals surface area contributed by atoms with Gasteiger partial charge in [-0.3, -0.25) is 0 Å². The Labute approximate surface area is 103 Å². The number of nitrogens with zero attached hydrogens (tertiary/aromatic N) is 2. The number of benzene rings is 1. The lowest BCUT2D eigenvalue weighted by Crippen LogP contribution is -2.02. The van der Waals surface area contributed by atoms with E-state index in [0.717, 1.165) is 0 Å². The van der Waals surface area contributed by atoms with E-state index in [1.807, 2.05) is 6.07 Å². The summed E-state index contributed by atoms with van der Waals surface area (Å²) in [6.07, 6.45) is 1.35. The molecule has 2 aromatic rings. The monoisotopic (exact) mass is 243 g/mol. The summed E-state index contributed by atoms with van der Waals surface area (Å²) in [5.74, 6) is -0.151. The highest BCUT2D eigenvalue weighted by molar-refractivity contribution is 5.51. The molecule has 90 valence electrons. The van der Waals surface area contributed by atoms with Crippen molar-refractivity contribution in [1.29, 1.82) is 5.26 Å². The average Bonchev–Trinajstić information content (AvgIpc) is 2.39. The van der Waals surface area contributed by atoms with E-state index in [1.54, 1.807) is 18.2 Å². The number of rotatable bonds is 3. The topological polar surface area (TPSA) is 71.9 Å². The zero-order valence-electron chi connectivity index (χ0n) is 9.43. The summed E-state index contributed by atoms with van der Waals surface area (Å²) in [5, 5.41) is 8.66. The Bertz CT molecular complexity index is 607. The number of nitrogen functional groups attached to an aromatic ring is 1. The highest BCUT2D eigenvalue weighted by atomic mass is 19.1. The van der Waals surface area contributed by atoms with Crippen molar-refractivity contribution in [2.24, 2.45) is 0 Å². The van der Waals surface area contributed by atoms with Crippen LogP contribution in [0, 0.1) is 17.1 Å². The van der Waals surface area contributed by atoms with E-state index < -0.39 is 0 Å². The molecule has 18 heavy (non-hydrogen) atoms. The molecular formula is C13H10FN3O. The van der Waals surface area contributed by atoms with Gasteiger partial charge in [-0.15, -0.1) is 0 Å². The fourth-order valence-corrected chi connectivity index (χ4v) is 1.41. The van der Waals surface area contributed by atoms with Crippen LogP contribution in [0.4, 0.5) is 10.1 Å². The third-order valence-corrected chi connectivity index (χ3v) is 2.33. The van der Waals surface area contributed by atoms with Crippen molar-refractivity contribution in [3.8, 4) is 11.9 Å². The minimum atomic E-state index is -0.343. The fraction of sp³-hybridized carbons (Fsp3) is 0.0769. The normalized spacial score (nSPS) is 9.78. The van der Waals surface area contributed by atoms with Gasteiger partial charge in [-0.2, -0.15) is 5.26 Å². The highest BCUT2D eigenvalue weighted by Crippen LogP contribution is 2.20. The fourth-order valence-electron chi connectivity index (χ4n) is 1.41. The van der Waals surface area contributed by atoms with Gasteiger partial charge in [-0.25, -0.2) is 9.37 Å². The Kier molecular flexibility index (Phi) is 3.39. The lowest BCUT2D eigenvalue weighted by atomic mass is 10.2. The Hall–Kier alpha value is -2.61. The molecule has 0 fully saturated rings. The molecule has 5 heteroatoms. The highest BCUT2D eigenvalue weighted by Gasteiger charge is 2.06. The standard InChI is InChI=1S/C13H10FN3O/c14-11-4-2-1-3-10(11)8-18-13-12(16)5-9(6-15)7-17-13/h1-5,7H,8,16H2. The summed E-state index contributed by atoms with van der Waals surface area (Å²) >= 11 is 0. The molecule has 4 nitrogen and oxygen atoms in total. The molecule has 0 saturated carbocycles. The van der Waals surface area contributed by atoms with Gasteiger partial charge in [-0.1, -0.05) is 18.2 Å². The van der Waals surface area contributed by atoms with Crippen molar-refractivity contribution in [3.63, 3.8) is 0 Å². The molecule has 0 aliphatic carbocycles. The first kappa shape index (κ1) is 11.9. The third-order valence-electron chi connectivity index (χ3n) is 2.33. The van der Waals surface area contributed by atoms with Crippen molar-refractivity contribution in [3.05, 3.63) is 53.5 Å².